The van der Waals surface area contributed by atoms with Crippen molar-refractivity contribution in [2.45, 2.75) is 25.8 Å². The van der Waals surface area contributed by atoms with Crippen LogP contribution in [0.5, 0.6) is 0 Å². The van der Waals surface area contributed by atoms with Crippen LogP contribution in [0, 0.1) is 0 Å². The molecule has 1 aromatic heterocycles. The van der Waals surface area contributed by atoms with Crippen LogP contribution in [0.1, 0.15) is 24.2 Å². The number of furan rings is 1. The Labute approximate surface area is 160 Å². The molecule has 27 heavy (non-hydrogen) atoms. The van der Waals surface area contributed by atoms with Gasteiger partial charge in [0.05, 0.1) is 6.26 Å². The molecular weight excluding hydrogens is 342 g/mol. The molecule has 1 aliphatic rings. The summed E-state index contributed by atoms with van der Waals surface area (Å²) in [5, 5.41) is 2.82. The number of nitrogens with zero attached hydrogens (tertiary/aromatic N) is 2. The van der Waals surface area contributed by atoms with Crippen molar-refractivity contribution in [3.63, 3.8) is 0 Å². The van der Waals surface area contributed by atoms with Crippen LogP contribution >= 0.6 is 0 Å². The summed E-state index contributed by atoms with van der Waals surface area (Å²) in [6, 6.07) is 14.1. The van der Waals surface area contributed by atoms with Crippen LogP contribution in [0.15, 0.2) is 53.1 Å². The Bertz CT molecular complexity index is 708. The highest BCUT2D eigenvalue weighted by Crippen LogP contribution is 2.09. The van der Waals surface area contributed by atoms with Crippen molar-refractivity contribution in [3.8, 4) is 0 Å². The normalized spacial score (nSPS) is 14.9. The molecule has 0 unspecified atom stereocenters. The fraction of sp³-hybridized carbons (Fsp3) is 0.429. The molecule has 1 aromatic carbocycles. The molecule has 6 nitrogen and oxygen atoms in total. The van der Waals surface area contributed by atoms with Crippen molar-refractivity contribution in [2.75, 3.05) is 32.7 Å². The first-order chi connectivity index (χ1) is 13.2. The Hall–Kier alpha value is -2.60. The van der Waals surface area contributed by atoms with E-state index in [1.54, 1.807) is 6.26 Å². The van der Waals surface area contributed by atoms with Crippen molar-refractivity contribution < 1.29 is 14.0 Å². The molecule has 6 heteroatoms. The number of rotatable bonds is 8. The summed E-state index contributed by atoms with van der Waals surface area (Å²) in [6.45, 7) is 4.58. The second-order valence-electron chi connectivity index (χ2n) is 6.82. The first-order valence-corrected chi connectivity index (χ1v) is 9.54. The molecule has 0 aliphatic carbocycles. The Kier molecular flexibility index (Phi) is 7.04. The smallest absolute Gasteiger partial charge is 0.224 e. The minimum atomic E-state index is -0.0492. The molecular formula is C21H27N3O3. The zero-order valence-electron chi connectivity index (χ0n) is 15.6. The lowest BCUT2D eigenvalue weighted by Gasteiger charge is -2.34. The van der Waals surface area contributed by atoms with Crippen LogP contribution in [-0.4, -0.2) is 54.3 Å². The van der Waals surface area contributed by atoms with Crippen LogP contribution in [0.4, 0.5) is 0 Å². The van der Waals surface area contributed by atoms with Crippen molar-refractivity contribution in [3.05, 3.63) is 60.1 Å². The predicted molar refractivity (Wildman–Crippen MR) is 103 cm³/mol. The van der Waals surface area contributed by atoms with Gasteiger partial charge in [-0.25, -0.2) is 0 Å². The summed E-state index contributed by atoms with van der Waals surface area (Å²) < 4.78 is 5.21. The number of carbonyl (C=O) groups is 2. The molecule has 3 rings (SSSR count). The molecule has 0 saturated carbocycles. The van der Waals surface area contributed by atoms with Crippen LogP contribution in [0.25, 0.3) is 0 Å². The maximum absolute atomic E-state index is 12.3. The SMILES string of the molecule is O=C(CCc1ccco1)NCCC(=O)N1CCN(Cc2ccccc2)CC1. The first-order valence-electron chi connectivity index (χ1n) is 9.54. The molecule has 1 saturated heterocycles. The largest absolute Gasteiger partial charge is 0.469 e. The van der Waals surface area contributed by atoms with Gasteiger partial charge in [-0.3, -0.25) is 14.5 Å². The average molecular weight is 369 g/mol. The highest BCUT2D eigenvalue weighted by atomic mass is 16.3. The van der Waals surface area contributed by atoms with E-state index in [-0.39, 0.29) is 11.8 Å². The van der Waals surface area contributed by atoms with Crippen molar-refractivity contribution in [1.29, 1.82) is 0 Å². The minimum Gasteiger partial charge on any atom is -0.469 e. The van der Waals surface area contributed by atoms with Gasteiger partial charge in [0.1, 0.15) is 5.76 Å². The molecule has 0 atom stereocenters. The predicted octanol–water partition coefficient (Wildman–Crippen LogP) is 2.06. The summed E-state index contributed by atoms with van der Waals surface area (Å²) in [4.78, 5) is 28.4. The molecule has 0 bridgehead atoms. The fourth-order valence-corrected chi connectivity index (χ4v) is 3.24. The molecule has 1 N–H and O–H groups in total. The number of nitrogens with one attached hydrogen (secondary N) is 1. The Morgan fingerprint density at radius 2 is 1.74 bits per heavy atom. The number of aryl methyl sites for hydroxylation is 1. The van der Waals surface area contributed by atoms with Crippen molar-refractivity contribution in [2.24, 2.45) is 0 Å². The second-order valence-corrected chi connectivity index (χ2v) is 6.82. The Morgan fingerprint density at radius 3 is 2.44 bits per heavy atom. The fourth-order valence-electron chi connectivity index (χ4n) is 3.24. The van der Waals surface area contributed by atoms with Gasteiger partial charge in [-0.05, 0) is 17.7 Å². The molecule has 2 aromatic rings. The Morgan fingerprint density at radius 1 is 0.963 bits per heavy atom. The lowest BCUT2D eigenvalue weighted by Crippen LogP contribution is -2.48. The zero-order chi connectivity index (χ0) is 18.9. The summed E-state index contributed by atoms with van der Waals surface area (Å²) in [6.07, 6.45) is 2.91. The zero-order valence-corrected chi connectivity index (χ0v) is 15.6. The lowest BCUT2D eigenvalue weighted by atomic mass is 10.2. The molecule has 0 spiro atoms. The Balaban J connectivity index is 1.29. The van der Waals surface area contributed by atoms with Gasteiger partial charge in [0.15, 0.2) is 0 Å². The first kappa shape index (κ1) is 19.2. The number of piperazine rings is 1. The molecule has 1 fully saturated rings. The third-order valence-electron chi connectivity index (χ3n) is 4.81. The van der Waals surface area contributed by atoms with Gasteiger partial charge in [-0.15, -0.1) is 0 Å². The highest BCUT2D eigenvalue weighted by molar-refractivity contribution is 5.79. The third kappa shape index (κ3) is 6.25. The maximum Gasteiger partial charge on any atom is 0.224 e. The quantitative estimate of drug-likeness (QED) is 0.774. The van der Waals surface area contributed by atoms with Crippen LogP contribution in [-0.2, 0) is 22.6 Å². The van der Waals surface area contributed by atoms with Gasteiger partial charge in [-0.2, -0.15) is 0 Å². The summed E-state index contributed by atoms with van der Waals surface area (Å²) in [7, 11) is 0. The summed E-state index contributed by atoms with van der Waals surface area (Å²) in [5.74, 6) is 0.863. The molecule has 0 radical (unpaired) electrons. The highest BCUT2D eigenvalue weighted by Gasteiger charge is 2.20. The minimum absolute atomic E-state index is 0.0492. The number of amides is 2. The monoisotopic (exact) mass is 369 g/mol. The van der Waals surface area contributed by atoms with Crippen LogP contribution in [0.2, 0.25) is 0 Å². The van der Waals surface area contributed by atoms with E-state index in [1.165, 1.54) is 5.56 Å². The molecule has 1 aliphatic heterocycles. The van der Waals surface area contributed by atoms with Gasteiger partial charge in [-0.1, -0.05) is 30.3 Å². The van der Waals surface area contributed by atoms with Crippen molar-refractivity contribution >= 4 is 11.8 Å². The van der Waals surface area contributed by atoms with E-state index in [0.717, 1.165) is 38.5 Å². The number of benzene rings is 1. The van der Waals surface area contributed by atoms with Gasteiger partial charge in [0, 0.05) is 58.5 Å². The van der Waals surface area contributed by atoms with E-state index in [1.807, 2.05) is 23.1 Å². The van der Waals surface area contributed by atoms with Gasteiger partial charge >= 0.3 is 0 Å². The van der Waals surface area contributed by atoms with Crippen molar-refractivity contribution in [1.82, 2.24) is 15.1 Å². The second kappa shape index (κ2) is 9.92. The number of hydrogen-bond donors (Lipinski definition) is 1. The summed E-state index contributed by atoms with van der Waals surface area (Å²) >= 11 is 0. The van der Waals surface area contributed by atoms with Gasteiger partial charge in [0.25, 0.3) is 0 Å². The van der Waals surface area contributed by atoms with Gasteiger partial charge in [0.2, 0.25) is 11.8 Å². The molecule has 2 heterocycles. The molecule has 144 valence electrons. The van der Waals surface area contributed by atoms with Gasteiger partial charge < -0.3 is 14.6 Å². The van der Waals surface area contributed by atoms with Crippen LogP contribution < -0.4 is 5.32 Å². The maximum atomic E-state index is 12.3. The van der Waals surface area contributed by atoms with E-state index in [4.69, 9.17) is 4.42 Å². The average Bonchev–Trinajstić information content (AvgIpc) is 3.21. The third-order valence-corrected chi connectivity index (χ3v) is 4.81. The number of hydrogen-bond acceptors (Lipinski definition) is 4. The topological polar surface area (TPSA) is 65.8 Å². The van der Waals surface area contributed by atoms with Crippen LogP contribution in [0.3, 0.4) is 0 Å². The molecule has 2 amide bonds. The standard InChI is InChI=1S/C21H27N3O3/c25-20(9-8-19-7-4-16-27-19)22-11-10-21(26)24-14-12-23(13-15-24)17-18-5-2-1-3-6-18/h1-7,16H,8-15,17H2,(H,22,25). The van der Waals surface area contributed by atoms with E-state index in [0.29, 0.717) is 25.8 Å². The van der Waals surface area contributed by atoms with E-state index in [9.17, 15) is 9.59 Å². The summed E-state index contributed by atoms with van der Waals surface area (Å²) in [5.41, 5.74) is 1.30. The van der Waals surface area contributed by atoms with E-state index in [2.05, 4.69) is 34.5 Å². The lowest BCUT2D eigenvalue weighted by molar-refractivity contribution is -0.133. The number of carbonyl (C=O) groups excluding carboxylic acids is 2. The van der Waals surface area contributed by atoms with E-state index < -0.39 is 0 Å². The van der Waals surface area contributed by atoms with E-state index >= 15 is 0 Å².